The van der Waals surface area contributed by atoms with Crippen molar-refractivity contribution in [2.24, 2.45) is 0 Å². The maximum absolute atomic E-state index is 6.27. The first-order chi connectivity index (χ1) is 8.84. The minimum absolute atomic E-state index is 0.734. The zero-order chi connectivity index (χ0) is 12.1. The van der Waals surface area contributed by atoms with E-state index in [0.717, 1.165) is 44.8 Å². The van der Waals surface area contributed by atoms with Crippen LogP contribution in [0, 0.1) is 0 Å². The standard InChI is InChI=1S/C15H10ClNO/c16-11-4-1-5-12-13(11)10-7-6-9-3-2-8-17-14(9)15(10)18-12/h1-7,17H,8H2. The van der Waals surface area contributed by atoms with Crippen molar-refractivity contribution in [1.29, 1.82) is 0 Å². The third-order valence-corrected chi connectivity index (χ3v) is 3.66. The Labute approximate surface area is 109 Å². The predicted octanol–water partition coefficient (Wildman–Crippen LogP) is 4.68. The molecule has 1 N–H and O–H groups in total. The van der Waals surface area contributed by atoms with E-state index in [9.17, 15) is 0 Å². The average molecular weight is 256 g/mol. The normalized spacial score (nSPS) is 13.8. The van der Waals surface area contributed by atoms with Gasteiger partial charge in [-0.15, -0.1) is 0 Å². The minimum Gasteiger partial charge on any atom is -0.454 e. The van der Waals surface area contributed by atoms with Gasteiger partial charge in [-0.3, -0.25) is 0 Å². The first-order valence-corrected chi connectivity index (χ1v) is 6.26. The van der Waals surface area contributed by atoms with E-state index in [2.05, 4.69) is 29.6 Å². The molecule has 2 nitrogen and oxygen atoms in total. The van der Waals surface area contributed by atoms with E-state index < -0.39 is 0 Å². The largest absolute Gasteiger partial charge is 0.454 e. The number of halogens is 1. The van der Waals surface area contributed by atoms with E-state index in [1.807, 2.05) is 18.2 Å². The first kappa shape index (κ1) is 10.0. The van der Waals surface area contributed by atoms with Gasteiger partial charge in [0.25, 0.3) is 0 Å². The first-order valence-electron chi connectivity index (χ1n) is 5.89. The highest BCUT2D eigenvalue weighted by molar-refractivity contribution is 6.38. The van der Waals surface area contributed by atoms with Crippen LogP contribution in [-0.4, -0.2) is 6.54 Å². The monoisotopic (exact) mass is 255 g/mol. The molecule has 4 rings (SSSR count). The Kier molecular flexibility index (Phi) is 1.97. The molecule has 0 unspecified atom stereocenters. The fourth-order valence-electron chi connectivity index (χ4n) is 2.53. The molecule has 88 valence electrons. The number of hydrogen-bond donors (Lipinski definition) is 1. The van der Waals surface area contributed by atoms with Crippen molar-refractivity contribution in [1.82, 2.24) is 0 Å². The van der Waals surface area contributed by atoms with Gasteiger partial charge in [-0.05, 0) is 18.2 Å². The minimum atomic E-state index is 0.734. The molecular formula is C15H10ClNO. The van der Waals surface area contributed by atoms with Gasteiger partial charge in [-0.2, -0.15) is 0 Å². The van der Waals surface area contributed by atoms with Crippen LogP contribution in [0.4, 0.5) is 5.69 Å². The van der Waals surface area contributed by atoms with Crippen molar-refractivity contribution in [3.05, 3.63) is 47.0 Å². The van der Waals surface area contributed by atoms with Crippen LogP contribution in [0.15, 0.2) is 40.8 Å². The summed E-state index contributed by atoms with van der Waals surface area (Å²) in [6, 6.07) is 9.92. The molecule has 0 atom stereocenters. The van der Waals surface area contributed by atoms with Crippen molar-refractivity contribution in [2.75, 3.05) is 11.9 Å². The van der Waals surface area contributed by atoms with Gasteiger partial charge in [-0.25, -0.2) is 0 Å². The van der Waals surface area contributed by atoms with Gasteiger partial charge in [0.05, 0.1) is 10.7 Å². The van der Waals surface area contributed by atoms with Crippen molar-refractivity contribution >= 4 is 45.3 Å². The summed E-state index contributed by atoms with van der Waals surface area (Å²) in [6.45, 7) is 0.830. The van der Waals surface area contributed by atoms with Crippen LogP contribution in [-0.2, 0) is 0 Å². The van der Waals surface area contributed by atoms with Crippen LogP contribution in [0.2, 0.25) is 5.02 Å². The Morgan fingerprint density at radius 3 is 3.06 bits per heavy atom. The lowest BCUT2D eigenvalue weighted by molar-refractivity contribution is 0.669. The van der Waals surface area contributed by atoms with Crippen LogP contribution < -0.4 is 5.32 Å². The van der Waals surface area contributed by atoms with Crippen molar-refractivity contribution in [3.8, 4) is 0 Å². The van der Waals surface area contributed by atoms with Crippen LogP contribution >= 0.6 is 11.6 Å². The van der Waals surface area contributed by atoms with E-state index in [-0.39, 0.29) is 0 Å². The summed E-state index contributed by atoms with van der Waals surface area (Å²) in [5, 5.41) is 6.16. The molecule has 0 amide bonds. The lowest BCUT2D eigenvalue weighted by Crippen LogP contribution is -2.04. The Balaban J connectivity index is 2.22. The summed E-state index contributed by atoms with van der Waals surface area (Å²) in [5.74, 6) is 0. The Morgan fingerprint density at radius 2 is 2.11 bits per heavy atom. The fourth-order valence-corrected chi connectivity index (χ4v) is 2.80. The number of rotatable bonds is 0. The smallest absolute Gasteiger partial charge is 0.159 e. The van der Waals surface area contributed by atoms with E-state index in [4.69, 9.17) is 16.0 Å². The number of fused-ring (bicyclic) bond motifs is 5. The average Bonchev–Trinajstić information content (AvgIpc) is 2.79. The zero-order valence-electron chi connectivity index (χ0n) is 9.53. The summed E-state index contributed by atoms with van der Waals surface area (Å²) < 4.78 is 5.95. The Hall–Kier alpha value is -1.93. The second-order valence-corrected chi connectivity index (χ2v) is 4.81. The molecule has 2 aromatic carbocycles. The summed E-state index contributed by atoms with van der Waals surface area (Å²) in [6.07, 6.45) is 4.21. The van der Waals surface area contributed by atoms with Gasteiger partial charge in [0.15, 0.2) is 5.58 Å². The van der Waals surface area contributed by atoms with E-state index >= 15 is 0 Å². The van der Waals surface area contributed by atoms with Crippen LogP contribution in [0.5, 0.6) is 0 Å². The summed E-state index contributed by atoms with van der Waals surface area (Å²) in [4.78, 5) is 0. The van der Waals surface area contributed by atoms with Crippen molar-refractivity contribution in [3.63, 3.8) is 0 Å². The van der Waals surface area contributed by atoms with E-state index in [1.54, 1.807) is 0 Å². The number of benzene rings is 2. The van der Waals surface area contributed by atoms with E-state index in [0.29, 0.717) is 0 Å². The molecule has 0 fully saturated rings. The molecule has 0 radical (unpaired) electrons. The van der Waals surface area contributed by atoms with Gasteiger partial charge in [0, 0.05) is 22.9 Å². The maximum atomic E-state index is 6.27. The summed E-state index contributed by atoms with van der Waals surface area (Å²) >= 11 is 6.27. The molecule has 0 bridgehead atoms. The van der Waals surface area contributed by atoms with E-state index in [1.165, 1.54) is 0 Å². The van der Waals surface area contributed by atoms with Gasteiger partial charge in [-0.1, -0.05) is 35.9 Å². The fraction of sp³-hybridized carbons (Fsp3) is 0.0667. The van der Waals surface area contributed by atoms with Crippen LogP contribution in [0.25, 0.3) is 28.0 Å². The molecule has 3 aromatic rings. The van der Waals surface area contributed by atoms with Crippen LogP contribution in [0.1, 0.15) is 5.56 Å². The molecule has 1 aliphatic heterocycles. The molecule has 18 heavy (non-hydrogen) atoms. The predicted molar refractivity (Wildman–Crippen MR) is 76.3 cm³/mol. The lowest BCUT2D eigenvalue weighted by atomic mass is 10.1. The molecule has 0 aliphatic carbocycles. The molecular weight excluding hydrogens is 246 g/mol. The third kappa shape index (κ3) is 1.24. The molecule has 0 saturated carbocycles. The highest BCUT2D eigenvalue weighted by atomic mass is 35.5. The maximum Gasteiger partial charge on any atom is 0.159 e. The number of furan rings is 1. The number of nitrogens with one attached hydrogen (secondary N) is 1. The van der Waals surface area contributed by atoms with Crippen molar-refractivity contribution in [2.45, 2.75) is 0 Å². The molecule has 1 aromatic heterocycles. The van der Waals surface area contributed by atoms with Crippen LogP contribution in [0.3, 0.4) is 0 Å². The lowest BCUT2D eigenvalue weighted by Gasteiger charge is -2.12. The quantitative estimate of drug-likeness (QED) is 0.631. The molecule has 3 heteroatoms. The van der Waals surface area contributed by atoms with Crippen molar-refractivity contribution < 1.29 is 4.42 Å². The Morgan fingerprint density at radius 1 is 1.17 bits per heavy atom. The van der Waals surface area contributed by atoms with Gasteiger partial charge < -0.3 is 9.73 Å². The second kappa shape index (κ2) is 3.53. The van der Waals surface area contributed by atoms with Gasteiger partial charge >= 0.3 is 0 Å². The molecule has 2 heterocycles. The second-order valence-electron chi connectivity index (χ2n) is 4.40. The summed E-state index contributed by atoms with van der Waals surface area (Å²) in [5.41, 5.74) is 3.94. The number of hydrogen-bond acceptors (Lipinski definition) is 2. The molecule has 0 spiro atoms. The van der Waals surface area contributed by atoms with Gasteiger partial charge in [0.1, 0.15) is 5.58 Å². The SMILES string of the molecule is Clc1cccc2oc3c4c(ccc3c12)C=CCN4. The highest BCUT2D eigenvalue weighted by Gasteiger charge is 2.16. The Bertz CT molecular complexity index is 801. The molecule has 0 saturated heterocycles. The summed E-state index contributed by atoms with van der Waals surface area (Å²) in [7, 11) is 0. The topological polar surface area (TPSA) is 25.2 Å². The third-order valence-electron chi connectivity index (χ3n) is 3.34. The highest BCUT2D eigenvalue weighted by Crippen LogP contribution is 2.39. The zero-order valence-corrected chi connectivity index (χ0v) is 10.3. The number of anilines is 1. The van der Waals surface area contributed by atoms with Gasteiger partial charge in [0.2, 0.25) is 0 Å². The molecule has 1 aliphatic rings.